The molecule has 2 aliphatic heterocycles. The Kier molecular flexibility index (Phi) is 3.79. The standard InChI is InChI=1S/C17H19N3O2S/c1-10-6-12(4-5-18-10)22-13-8-16(23-9-13)17(21)20-15-7-11-2-3-14(15)19-11/h4-6,8-9,11,14-15,19H,2-3,7H2,1H3,(H,20,21). The van der Waals surface area contributed by atoms with Crippen LogP contribution in [0, 0.1) is 6.92 Å². The van der Waals surface area contributed by atoms with Gasteiger partial charge < -0.3 is 15.4 Å². The van der Waals surface area contributed by atoms with Gasteiger partial charge in [0.1, 0.15) is 11.5 Å². The summed E-state index contributed by atoms with van der Waals surface area (Å²) in [5.41, 5.74) is 0.902. The van der Waals surface area contributed by atoms with Crippen LogP contribution in [0.4, 0.5) is 0 Å². The lowest BCUT2D eigenvalue weighted by Crippen LogP contribution is -2.42. The Balaban J connectivity index is 1.40. The molecular formula is C17H19N3O2S. The fourth-order valence-corrected chi connectivity index (χ4v) is 4.14. The normalized spacial score (nSPS) is 25.5. The molecule has 3 unspecified atom stereocenters. The number of rotatable bonds is 4. The minimum Gasteiger partial charge on any atom is -0.456 e. The highest BCUT2D eigenvalue weighted by atomic mass is 32.1. The van der Waals surface area contributed by atoms with E-state index in [1.807, 2.05) is 24.4 Å². The maximum atomic E-state index is 12.4. The fraction of sp³-hybridized carbons (Fsp3) is 0.412. The van der Waals surface area contributed by atoms with Gasteiger partial charge in [-0.15, -0.1) is 11.3 Å². The second-order valence-electron chi connectivity index (χ2n) is 6.24. The van der Waals surface area contributed by atoms with Crippen LogP contribution in [-0.4, -0.2) is 29.0 Å². The Bertz CT molecular complexity index is 730. The Labute approximate surface area is 139 Å². The summed E-state index contributed by atoms with van der Waals surface area (Å²) in [6, 6.07) is 6.78. The van der Waals surface area contributed by atoms with Crippen molar-refractivity contribution >= 4 is 17.2 Å². The zero-order valence-corrected chi connectivity index (χ0v) is 13.7. The largest absolute Gasteiger partial charge is 0.456 e. The average Bonchev–Trinajstić information content (AvgIpc) is 3.23. The number of fused-ring (bicyclic) bond motifs is 2. The molecule has 5 nitrogen and oxygen atoms in total. The summed E-state index contributed by atoms with van der Waals surface area (Å²) in [7, 11) is 0. The number of nitrogens with zero attached hydrogens (tertiary/aromatic N) is 1. The number of hydrogen-bond acceptors (Lipinski definition) is 5. The second kappa shape index (κ2) is 5.94. The molecule has 23 heavy (non-hydrogen) atoms. The molecule has 2 N–H and O–H groups in total. The Morgan fingerprint density at radius 3 is 3.04 bits per heavy atom. The number of aromatic nitrogens is 1. The number of nitrogens with one attached hydrogen (secondary N) is 2. The molecule has 4 heterocycles. The van der Waals surface area contributed by atoms with Crippen molar-refractivity contribution in [2.24, 2.45) is 0 Å². The number of hydrogen-bond donors (Lipinski definition) is 2. The highest BCUT2D eigenvalue weighted by molar-refractivity contribution is 7.12. The monoisotopic (exact) mass is 329 g/mol. The van der Waals surface area contributed by atoms with Crippen LogP contribution in [0.1, 0.15) is 34.6 Å². The fourth-order valence-electron chi connectivity index (χ4n) is 3.43. The van der Waals surface area contributed by atoms with E-state index in [4.69, 9.17) is 4.74 Å². The molecule has 2 fully saturated rings. The predicted molar refractivity (Wildman–Crippen MR) is 89.2 cm³/mol. The van der Waals surface area contributed by atoms with Crippen molar-refractivity contribution in [3.05, 3.63) is 40.3 Å². The number of ether oxygens (including phenoxy) is 1. The molecule has 0 aliphatic carbocycles. The van der Waals surface area contributed by atoms with Gasteiger partial charge in [0.2, 0.25) is 0 Å². The smallest absolute Gasteiger partial charge is 0.261 e. The Hall–Kier alpha value is -1.92. The third kappa shape index (κ3) is 3.09. The third-order valence-corrected chi connectivity index (χ3v) is 5.43. The van der Waals surface area contributed by atoms with E-state index in [9.17, 15) is 4.79 Å². The lowest BCUT2D eigenvalue weighted by atomic mass is 9.95. The Morgan fingerprint density at radius 2 is 2.30 bits per heavy atom. The summed E-state index contributed by atoms with van der Waals surface area (Å²) in [5, 5.41) is 8.56. The second-order valence-corrected chi connectivity index (χ2v) is 7.16. The summed E-state index contributed by atoms with van der Waals surface area (Å²) in [5.74, 6) is 1.42. The van der Waals surface area contributed by atoms with Gasteiger partial charge in [-0.1, -0.05) is 0 Å². The van der Waals surface area contributed by atoms with Crippen LogP contribution in [0.15, 0.2) is 29.8 Å². The average molecular weight is 329 g/mol. The molecule has 6 heteroatoms. The number of aryl methyl sites for hydroxylation is 1. The number of carbonyl (C=O) groups is 1. The number of carbonyl (C=O) groups excluding carboxylic acids is 1. The van der Waals surface area contributed by atoms with Crippen LogP contribution in [0.25, 0.3) is 0 Å². The van der Waals surface area contributed by atoms with E-state index in [1.54, 1.807) is 12.3 Å². The number of amides is 1. The molecule has 120 valence electrons. The van der Waals surface area contributed by atoms with Gasteiger partial charge in [0.05, 0.1) is 4.88 Å². The molecule has 1 amide bonds. The molecule has 0 radical (unpaired) electrons. The SMILES string of the molecule is Cc1cc(Oc2csc(C(=O)NC3CC4CCC3N4)c2)ccn1. The van der Waals surface area contributed by atoms with Crippen LogP contribution in [0.2, 0.25) is 0 Å². The van der Waals surface area contributed by atoms with Gasteiger partial charge in [0.15, 0.2) is 0 Å². The summed E-state index contributed by atoms with van der Waals surface area (Å²) < 4.78 is 5.79. The molecule has 0 saturated carbocycles. The van der Waals surface area contributed by atoms with Crippen LogP contribution < -0.4 is 15.4 Å². The van der Waals surface area contributed by atoms with E-state index in [1.165, 1.54) is 17.8 Å². The van der Waals surface area contributed by atoms with Crippen molar-refractivity contribution in [2.45, 2.75) is 44.3 Å². The number of thiophene rings is 1. The van der Waals surface area contributed by atoms with Gasteiger partial charge in [-0.25, -0.2) is 0 Å². The van der Waals surface area contributed by atoms with Crippen molar-refractivity contribution < 1.29 is 9.53 Å². The maximum Gasteiger partial charge on any atom is 0.261 e. The van der Waals surface area contributed by atoms with Gasteiger partial charge in [0.25, 0.3) is 5.91 Å². The topological polar surface area (TPSA) is 63.2 Å². The molecule has 2 bridgehead atoms. The summed E-state index contributed by atoms with van der Waals surface area (Å²) in [4.78, 5) is 17.2. The van der Waals surface area contributed by atoms with Gasteiger partial charge in [-0.05, 0) is 32.3 Å². The van der Waals surface area contributed by atoms with E-state index < -0.39 is 0 Å². The van der Waals surface area contributed by atoms with Crippen molar-refractivity contribution in [3.63, 3.8) is 0 Å². The molecule has 2 aromatic rings. The van der Waals surface area contributed by atoms with Gasteiger partial charge in [-0.2, -0.15) is 0 Å². The van der Waals surface area contributed by atoms with Crippen LogP contribution in [-0.2, 0) is 0 Å². The molecule has 0 aromatic carbocycles. The molecular weight excluding hydrogens is 310 g/mol. The van der Waals surface area contributed by atoms with E-state index in [-0.39, 0.29) is 11.9 Å². The van der Waals surface area contributed by atoms with Crippen LogP contribution in [0.5, 0.6) is 11.5 Å². The van der Waals surface area contributed by atoms with Gasteiger partial charge in [0, 0.05) is 47.5 Å². The zero-order chi connectivity index (χ0) is 15.8. The minimum atomic E-state index is -0.00453. The van der Waals surface area contributed by atoms with Crippen molar-refractivity contribution in [1.29, 1.82) is 0 Å². The molecule has 3 atom stereocenters. The van der Waals surface area contributed by atoms with Gasteiger partial charge >= 0.3 is 0 Å². The highest BCUT2D eigenvalue weighted by Crippen LogP contribution is 2.30. The van der Waals surface area contributed by atoms with E-state index in [0.717, 1.165) is 24.3 Å². The van der Waals surface area contributed by atoms with Gasteiger partial charge in [-0.3, -0.25) is 9.78 Å². The first-order valence-corrected chi connectivity index (χ1v) is 8.81. The lowest BCUT2D eigenvalue weighted by Gasteiger charge is -2.20. The first-order chi connectivity index (χ1) is 11.2. The van der Waals surface area contributed by atoms with E-state index in [2.05, 4.69) is 15.6 Å². The van der Waals surface area contributed by atoms with E-state index in [0.29, 0.717) is 22.7 Å². The van der Waals surface area contributed by atoms with Crippen molar-refractivity contribution in [1.82, 2.24) is 15.6 Å². The Morgan fingerprint density at radius 1 is 1.39 bits per heavy atom. The molecule has 2 aliphatic rings. The number of pyridine rings is 1. The first kappa shape index (κ1) is 14.7. The summed E-state index contributed by atoms with van der Waals surface area (Å²) in [6.45, 7) is 1.92. The van der Waals surface area contributed by atoms with Crippen LogP contribution in [0.3, 0.4) is 0 Å². The van der Waals surface area contributed by atoms with Crippen molar-refractivity contribution in [3.8, 4) is 11.5 Å². The van der Waals surface area contributed by atoms with Crippen molar-refractivity contribution in [2.75, 3.05) is 0 Å². The first-order valence-electron chi connectivity index (χ1n) is 7.93. The zero-order valence-electron chi connectivity index (χ0n) is 12.9. The molecule has 2 aromatic heterocycles. The maximum absolute atomic E-state index is 12.4. The third-order valence-electron chi connectivity index (χ3n) is 4.52. The molecule has 0 spiro atoms. The lowest BCUT2D eigenvalue weighted by molar-refractivity contribution is 0.0935. The van der Waals surface area contributed by atoms with Crippen LogP contribution >= 0.6 is 11.3 Å². The summed E-state index contributed by atoms with van der Waals surface area (Å²) in [6.07, 6.45) is 5.16. The van der Waals surface area contributed by atoms with E-state index >= 15 is 0 Å². The molecule has 2 saturated heterocycles. The quantitative estimate of drug-likeness (QED) is 0.905. The predicted octanol–water partition coefficient (Wildman–Crippen LogP) is 2.87. The summed E-state index contributed by atoms with van der Waals surface area (Å²) >= 11 is 1.41. The molecule has 4 rings (SSSR count). The minimum absolute atomic E-state index is 0.00453. The highest BCUT2D eigenvalue weighted by Gasteiger charge is 2.39.